The summed E-state index contributed by atoms with van der Waals surface area (Å²) in [5.74, 6) is -2.54. The first-order valence-corrected chi connectivity index (χ1v) is 3.88. The van der Waals surface area contributed by atoms with Gasteiger partial charge in [-0.15, -0.1) is 0 Å². The van der Waals surface area contributed by atoms with Gasteiger partial charge in [0.2, 0.25) is 0 Å². The van der Waals surface area contributed by atoms with Gasteiger partial charge in [0.1, 0.15) is 5.82 Å². The highest BCUT2D eigenvalue weighted by Gasteiger charge is 2.35. The zero-order valence-electron chi connectivity index (χ0n) is 7.75. The largest absolute Gasteiger partial charge is 0.380 e. The lowest BCUT2D eigenvalue weighted by Crippen LogP contribution is -2.23. The molecule has 0 saturated carbocycles. The van der Waals surface area contributed by atoms with E-state index in [1.165, 1.54) is 10.8 Å². The summed E-state index contributed by atoms with van der Waals surface area (Å²) < 4.78 is 26.8. The first-order chi connectivity index (χ1) is 5.84. The molecule has 1 N–H and O–H groups in total. The van der Waals surface area contributed by atoms with E-state index >= 15 is 0 Å². The molecule has 1 aromatic rings. The van der Waals surface area contributed by atoms with E-state index in [-0.39, 0.29) is 5.69 Å². The Kier molecular flexibility index (Phi) is 2.38. The minimum Gasteiger partial charge on any atom is -0.380 e. The van der Waals surface area contributed by atoms with Gasteiger partial charge in [0, 0.05) is 14.0 Å². The third-order valence-electron chi connectivity index (χ3n) is 2.02. The molecule has 0 aromatic carbocycles. The van der Waals surface area contributed by atoms with Gasteiger partial charge >= 0.3 is 0 Å². The topological polar surface area (TPSA) is 38.1 Å². The maximum atomic E-state index is 12.7. The summed E-state index contributed by atoms with van der Waals surface area (Å²) in [4.78, 5) is 3.82. The molecule has 0 fully saturated rings. The Bertz CT molecular complexity index is 304. The number of hydrogen-bond donors (Lipinski definition) is 1. The van der Waals surface area contributed by atoms with Crippen molar-refractivity contribution in [2.45, 2.75) is 25.9 Å². The monoisotopic (exact) mass is 190 g/mol. The molecule has 0 aliphatic heterocycles. The second kappa shape index (κ2) is 3.06. The number of imidazole rings is 1. The van der Waals surface area contributed by atoms with Crippen molar-refractivity contribution in [1.29, 1.82) is 0 Å². The molecule has 0 radical (unpaired) electrons. The average molecular weight is 190 g/mol. The third kappa shape index (κ3) is 1.85. The number of nitrogens with zero attached hydrogens (tertiary/aromatic N) is 2. The molecular weight excluding hydrogens is 178 g/mol. The van der Waals surface area contributed by atoms with Crippen molar-refractivity contribution in [3.63, 3.8) is 0 Å². The molecule has 5 heteroatoms. The summed E-state index contributed by atoms with van der Waals surface area (Å²) in [5.41, 5.74) is 0.130. The van der Waals surface area contributed by atoms with E-state index < -0.39 is 12.0 Å². The first-order valence-electron chi connectivity index (χ1n) is 3.88. The second-order valence-electron chi connectivity index (χ2n) is 3.15. The fourth-order valence-electron chi connectivity index (χ4n) is 1.03. The fourth-order valence-corrected chi connectivity index (χ4v) is 1.03. The van der Waals surface area contributed by atoms with Gasteiger partial charge in [0.15, 0.2) is 6.10 Å². The fraction of sp³-hybridized carbons (Fsp3) is 0.625. The molecule has 1 unspecified atom stereocenters. The molecule has 0 bridgehead atoms. The number of aryl methyl sites for hydroxylation is 1. The van der Waals surface area contributed by atoms with Crippen molar-refractivity contribution >= 4 is 0 Å². The third-order valence-corrected chi connectivity index (χ3v) is 2.02. The van der Waals surface area contributed by atoms with Gasteiger partial charge in [0.05, 0.1) is 11.9 Å². The highest BCUT2D eigenvalue weighted by atomic mass is 19.3. The van der Waals surface area contributed by atoms with Crippen LogP contribution in [0.25, 0.3) is 0 Å². The summed E-state index contributed by atoms with van der Waals surface area (Å²) in [6, 6.07) is 0. The van der Waals surface area contributed by atoms with E-state index in [1.807, 2.05) is 0 Å². The van der Waals surface area contributed by atoms with Crippen LogP contribution < -0.4 is 0 Å². The van der Waals surface area contributed by atoms with Gasteiger partial charge in [-0.3, -0.25) is 0 Å². The maximum absolute atomic E-state index is 12.7. The van der Waals surface area contributed by atoms with Crippen molar-refractivity contribution in [3.8, 4) is 0 Å². The van der Waals surface area contributed by atoms with Crippen molar-refractivity contribution < 1.29 is 13.9 Å². The number of rotatable bonds is 2. The molecule has 1 atom stereocenters. The molecule has 0 aliphatic carbocycles. The molecule has 0 aliphatic rings. The minimum atomic E-state index is -3.14. The van der Waals surface area contributed by atoms with Gasteiger partial charge in [-0.1, -0.05) is 0 Å². The number of alkyl halides is 2. The lowest BCUT2D eigenvalue weighted by atomic mass is 10.1. The molecule has 1 aromatic heterocycles. The lowest BCUT2D eigenvalue weighted by Gasteiger charge is -2.18. The number of aromatic nitrogens is 2. The Morgan fingerprint density at radius 1 is 1.62 bits per heavy atom. The summed E-state index contributed by atoms with van der Waals surface area (Å²) in [6.45, 7) is 2.37. The zero-order valence-corrected chi connectivity index (χ0v) is 7.75. The van der Waals surface area contributed by atoms with Crippen LogP contribution in [-0.4, -0.2) is 20.6 Å². The van der Waals surface area contributed by atoms with Crippen LogP contribution in [0.1, 0.15) is 24.5 Å². The van der Waals surface area contributed by atoms with Gasteiger partial charge in [-0.05, 0) is 6.92 Å². The van der Waals surface area contributed by atoms with Crippen LogP contribution in [0, 0.1) is 6.92 Å². The minimum absolute atomic E-state index is 0.130. The van der Waals surface area contributed by atoms with Crippen LogP contribution in [0.2, 0.25) is 0 Å². The highest BCUT2D eigenvalue weighted by Crippen LogP contribution is 2.30. The Labute approximate surface area is 75.0 Å². The predicted octanol–water partition coefficient (Wildman–Crippen LogP) is 1.42. The average Bonchev–Trinajstić information content (AvgIpc) is 2.30. The van der Waals surface area contributed by atoms with E-state index in [2.05, 4.69) is 4.98 Å². The lowest BCUT2D eigenvalue weighted by molar-refractivity contribution is -0.0983. The Morgan fingerprint density at radius 2 is 2.15 bits per heavy atom. The van der Waals surface area contributed by atoms with Crippen LogP contribution >= 0.6 is 0 Å². The van der Waals surface area contributed by atoms with Crippen LogP contribution in [0.3, 0.4) is 0 Å². The number of halogens is 2. The molecule has 13 heavy (non-hydrogen) atoms. The van der Waals surface area contributed by atoms with Crippen LogP contribution in [-0.2, 0) is 7.05 Å². The summed E-state index contributed by atoms with van der Waals surface area (Å²) in [7, 11) is 1.59. The van der Waals surface area contributed by atoms with Crippen LogP contribution in [0.4, 0.5) is 8.78 Å². The van der Waals surface area contributed by atoms with E-state index in [1.54, 1.807) is 14.0 Å². The molecule has 1 heterocycles. The zero-order chi connectivity index (χ0) is 10.2. The van der Waals surface area contributed by atoms with Crippen LogP contribution in [0.5, 0.6) is 0 Å². The quantitative estimate of drug-likeness (QED) is 0.765. The smallest absolute Gasteiger partial charge is 0.276 e. The number of hydrogen-bond acceptors (Lipinski definition) is 2. The Morgan fingerprint density at radius 3 is 2.46 bits per heavy atom. The van der Waals surface area contributed by atoms with Gasteiger partial charge in [-0.2, -0.15) is 0 Å². The van der Waals surface area contributed by atoms with E-state index in [0.29, 0.717) is 12.7 Å². The first kappa shape index (κ1) is 10.1. The van der Waals surface area contributed by atoms with Gasteiger partial charge in [0.25, 0.3) is 5.92 Å². The molecule has 0 amide bonds. The standard InChI is InChI=1S/C8H12F2N2O/c1-5-11-4-6(12(5)3)7(13)8(2,9)10/h4,7,13H,1-3H3. The molecule has 3 nitrogen and oxygen atoms in total. The number of aliphatic hydroxyl groups is 1. The van der Waals surface area contributed by atoms with E-state index in [4.69, 9.17) is 0 Å². The molecule has 74 valence electrons. The van der Waals surface area contributed by atoms with Gasteiger partial charge < -0.3 is 9.67 Å². The SMILES string of the molecule is Cc1ncc(C(O)C(C)(F)F)n1C. The number of aliphatic hydroxyl groups excluding tert-OH is 1. The van der Waals surface area contributed by atoms with Crippen molar-refractivity contribution in [3.05, 3.63) is 17.7 Å². The van der Waals surface area contributed by atoms with Gasteiger partial charge in [-0.25, -0.2) is 13.8 Å². The predicted molar refractivity (Wildman–Crippen MR) is 43.5 cm³/mol. The van der Waals surface area contributed by atoms with Crippen molar-refractivity contribution in [2.75, 3.05) is 0 Å². The normalized spacial score (nSPS) is 14.6. The van der Waals surface area contributed by atoms with E-state index in [9.17, 15) is 13.9 Å². The summed E-state index contributed by atoms with van der Waals surface area (Å²) in [6.07, 6.45) is -0.532. The summed E-state index contributed by atoms with van der Waals surface area (Å²) in [5, 5.41) is 9.24. The van der Waals surface area contributed by atoms with E-state index in [0.717, 1.165) is 0 Å². The molecule has 0 spiro atoms. The van der Waals surface area contributed by atoms with Crippen molar-refractivity contribution in [2.24, 2.45) is 7.05 Å². The van der Waals surface area contributed by atoms with Crippen molar-refractivity contribution in [1.82, 2.24) is 9.55 Å². The molecule has 1 rings (SSSR count). The highest BCUT2D eigenvalue weighted by molar-refractivity contribution is 5.09. The maximum Gasteiger partial charge on any atom is 0.276 e. The van der Waals surface area contributed by atoms with Crippen LogP contribution in [0.15, 0.2) is 6.20 Å². The Balaban J connectivity index is 3.02. The molecule has 0 saturated heterocycles. The second-order valence-corrected chi connectivity index (χ2v) is 3.15. The molecular formula is C8H12F2N2O. The summed E-state index contributed by atoms with van der Waals surface area (Å²) >= 11 is 0. The Hall–Kier alpha value is -0.970.